The number of ether oxygens (including phenoxy) is 1. The van der Waals surface area contributed by atoms with E-state index in [1.54, 1.807) is 0 Å². The molecule has 4 nitrogen and oxygen atoms in total. The first-order valence-corrected chi connectivity index (χ1v) is 8.74. The molecule has 2 atom stereocenters. The molecule has 2 heterocycles. The van der Waals surface area contributed by atoms with Crippen LogP contribution in [0.4, 0.5) is 5.82 Å². The summed E-state index contributed by atoms with van der Waals surface area (Å²) >= 11 is 7.38. The molecule has 2 unspecified atom stereocenters. The number of halogens is 1. The summed E-state index contributed by atoms with van der Waals surface area (Å²) in [6.07, 6.45) is 3.64. The second kappa shape index (κ2) is 6.84. The van der Waals surface area contributed by atoms with Crippen molar-refractivity contribution >= 4 is 29.1 Å². The lowest BCUT2D eigenvalue weighted by Gasteiger charge is -2.39. The maximum Gasteiger partial charge on any atom is 0.271 e. The van der Waals surface area contributed by atoms with Crippen LogP contribution >= 0.6 is 23.3 Å². The summed E-state index contributed by atoms with van der Waals surface area (Å²) in [6, 6.07) is 8.65. The molecule has 1 aromatic carbocycles. The summed E-state index contributed by atoms with van der Waals surface area (Å²) in [5, 5.41) is 0.715. The monoisotopic (exact) mass is 337 g/mol. The van der Waals surface area contributed by atoms with Gasteiger partial charge < -0.3 is 9.64 Å². The van der Waals surface area contributed by atoms with Gasteiger partial charge in [-0.25, -0.2) is 0 Å². The first-order chi connectivity index (χ1) is 10.7. The first-order valence-electron chi connectivity index (χ1n) is 7.64. The van der Waals surface area contributed by atoms with Crippen molar-refractivity contribution in [3.8, 4) is 5.88 Å². The zero-order chi connectivity index (χ0) is 15.5. The lowest BCUT2D eigenvalue weighted by atomic mass is 9.98. The van der Waals surface area contributed by atoms with E-state index in [0.29, 0.717) is 29.6 Å². The molecule has 0 amide bonds. The van der Waals surface area contributed by atoms with Crippen molar-refractivity contribution in [3.63, 3.8) is 0 Å². The standard InChI is InChI=1S/C16H20ClN3OS/c1-11-6-5-7-12(2)20(11)15-16(19-22-18-15)21-10-13-8-3-4-9-14(13)17/h3-4,8-9,11-12H,5-7,10H2,1-2H3. The number of hydrogen-bond acceptors (Lipinski definition) is 5. The molecule has 0 bridgehead atoms. The van der Waals surface area contributed by atoms with Crippen LogP contribution in [-0.2, 0) is 6.61 Å². The van der Waals surface area contributed by atoms with Gasteiger partial charge in [-0.3, -0.25) is 0 Å². The Hall–Kier alpha value is -1.33. The summed E-state index contributed by atoms with van der Waals surface area (Å²) < 4.78 is 14.7. The van der Waals surface area contributed by atoms with Crippen LogP contribution in [0.25, 0.3) is 0 Å². The molecule has 0 N–H and O–H groups in total. The van der Waals surface area contributed by atoms with E-state index < -0.39 is 0 Å². The highest BCUT2D eigenvalue weighted by molar-refractivity contribution is 6.99. The Balaban J connectivity index is 1.76. The predicted molar refractivity (Wildman–Crippen MR) is 90.9 cm³/mol. The Labute approximate surface area is 140 Å². The van der Waals surface area contributed by atoms with Gasteiger partial charge in [-0.1, -0.05) is 29.8 Å². The number of benzene rings is 1. The minimum atomic E-state index is 0.411. The van der Waals surface area contributed by atoms with Gasteiger partial charge in [0, 0.05) is 22.7 Å². The summed E-state index contributed by atoms with van der Waals surface area (Å²) in [5.74, 6) is 1.49. The molecular formula is C16H20ClN3OS. The molecule has 118 valence electrons. The molecule has 1 aliphatic heterocycles. The van der Waals surface area contributed by atoms with Crippen molar-refractivity contribution in [2.45, 2.75) is 51.8 Å². The molecule has 0 spiro atoms. The van der Waals surface area contributed by atoms with E-state index in [9.17, 15) is 0 Å². The summed E-state index contributed by atoms with van der Waals surface area (Å²) in [7, 11) is 0. The van der Waals surface area contributed by atoms with E-state index in [1.165, 1.54) is 31.0 Å². The second-order valence-corrected chi connectivity index (χ2v) is 6.74. The number of aromatic nitrogens is 2. The van der Waals surface area contributed by atoms with Crippen LogP contribution in [0, 0.1) is 0 Å². The van der Waals surface area contributed by atoms with Crippen molar-refractivity contribution in [1.29, 1.82) is 0 Å². The van der Waals surface area contributed by atoms with E-state index in [0.717, 1.165) is 11.4 Å². The zero-order valence-electron chi connectivity index (χ0n) is 12.8. The fourth-order valence-electron chi connectivity index (χ4n) is 3.02. The molecule has 1 fully saturated rings. The van der Waals surface area contributed by atoms with Crippen molar-refractivity contribution in [1.82, 2.24) is 8.75 Å². The van der Waals surface area contributed by atoms with Crippen LogP contribution in [0.5, 0.6) is 5.88 Å². The smallest absolute Gasteiger partial charge is 0.271 e. The summed E-state index contributed by atoms with van der Waals surface area (Å²) in [4.78, 5) is 2.34. The molecule has 1 aromatic heterocycles. The van der Waals surface area contributed by atoms with Crippen LogP contribution in [-0.4, -0.2) is 20.8 Å². The van der Waals surface area contributed by atoms with Gasteiger partial charge in [0.25, 0.3) is 5.88 Å². The maximum atomic E-state index is 6.18. The summed E-state index contributed by atoms with van der Waals surface area (Å²) in [5.41, 5.74) is 0.961. The molecule has 2 aromatic rings. The number of rotatable bonds is 4. The second-order valence-electron chi connectivity index (χ2n) is 5.81. The number of anilines is 1. The van der Waals surface area contributed by atoms with Gasteiger partial charge in [0.15, 0.2) is 0 Å². The van der Waals surface area contributed by atoms with Crippen molar-refractivity contribution in [2.75, 3.05) is 4.90 Å². The van der Waals surface area contributed by atoms with Crippen LogP contribution in [0.3, 0.4) is 0 Å². The van der Waals surface area contributed by atoms with Gasteiger partial charge in [-0.2, -0.15) is 4.37 Å². The van der Waals surface area contributed by atoms with E-state index in [1.807, 2.05) is 24.3 Å². The molecule has 1 aliphatic rings. The molecule has 0 saturated carbocycles. The molecule has 0 radical (unpaired) electrons. The Kier molecular flexibility index (Phi) is 4.84. The third-order valence-electron chi connectivity index (χ3n) is 4.20. The van der Waals surface area contributed by atoms with Crippen molar-refractivity contribution in [2.24, 2.45) is 0 Å². The molecule has 22 heavy (non-hydrogen) atoms. The van der Waals surface area contributed by atoms with Gasteiger partial charge in [0.05, 0.1) is 11.7 Å². The lowest BCUT2D eigenvalue weighted by molar-refractivity contribution is 0.293. The Morgan fingerprint density at radius 2 is 1.95 bits per heavy atom. The predicted octanol–water partition coefficient (Wildman–Crippen LogP) is 4.54. The molecule has 3 rings (SSSR count). The van der Waals surface area contributed by atoms with Crippen molar-refractivity contribution in [3.05, 3.63) is 34.9 Å². The highest BCUT2D eigenvalue weighted by Crippen LogP contribution is 2.34. The van der Waals surface area contributed by atoms with Gasteiger partial charge in [-0.05, 0) is 39.2 Å². The normalized spacial score (nSPS) is 21.9. The molecule has 0 aliphatic carbocycles. The van der Waals surface area contributed by atoms with Gasteiger partial charge in [0.2, 0.25) is 5.82 Å². The lowest BCUT2D eigenvalue weighted by Crippen LogP contribution is -2.44. The third kappa shape index (κ3) is 3.20. The zero-order valence-corrected chi connectivity index (χ0v) is 14.4. The van der Waals surface area contributed by atoms with Gasteiger partial charge >= 0.3 is 0 Å². The summed E-state index contributed by atoms with van der Waals surface area (Å²) in [6.45, 7) is 4.90. The van der Waals surface area contributed by atoms with E-state index in [2.05, 4.69) is 27.5 Å². The topological polar surface area (TPSA) is 38.2 Å². The highest BCUT2D eigenvalue weighted by Gasteiger charge is 2.29. The fraction of sp³-hybridized carbons (Fsp3) is 0.500. The third-order valence-corrected chi connectivity index (χ3v) is 5.07. The van der Waals surface area contributed by atoms with Crippen LogP contribution in [0.2, 0.25) is 5.02 Å². The average Bonchev–Trinajstić information content (AvgIpc) is 2.94. The Bertz CT molecular complexity index is 623. The van der Waals surface area contributed by atoms with Crippen LogP contribution < -0.4 is 9.64 Å². The quantitative estimate of drug-likeness (QED) is 0.821. The minimum Gasteiger partial charge on any atom is -0.469 e. The number of hydrogen-bond donors (Lipinski definition) is 0. The number of piperidine rings is 1. The molecule has 6 heteroatoms. The molecule has 1 saturated heterocycles. The largest absolute Gasteiger partial charge is 0.469 e. The molecular weight excluding hydrogens is 318 g/mol. The van der Waals surface area contributed by atoms with E-state index in [-0.39, 0.29) is 0 Å². The minimum absolute atomic E-state index is 0.411. The van der Waals surface area contributed by atoms with E-state index >= 15 is 0 Å². The average molecular weight is 338 g/mol. The first kappa shape index (κ1) is 15.6. The Morgan fingerprint density at radius 1 is 1.23 bits per heavy atom. The fourth-order valence-corrected chi connectivity index (χ4v) is 3.71. The van der Waals surface area contributed by atoms with Gasteiger partial charge in [-0.15, -0.1) is 4.37 Å². The van der Waals surface area contributed by atoms with Crippen molar-refractivity contribution < 1.29 is 4.74 Å². The highest BCUT2D eigenvalue weighted by atomic mass is 35.5. The maximum absolute atomic E-state index is 6.18. The Morgan fingerprint density at radius 3 is 2.68 bits per heavy atom. The van der Waals surface area contributed by atoms with Crippen LogP contribution in [0.15, 0.2) is 24.3 Å². The van der Waals surface area contributed by atoms with Crippen LogP contribution in [0.1, 0.15) is 38.7 Å². The SMILES string of the molecule is CC1CCCC(C)N1c1nsnc1OCc1ccccc1Cl. The van der Waals surface area contributed by atoms with E-state index in [4.69, 9.17) is 16.3 Å². The number of nitrogens with zero attached hydrogens (tertiary/aromatic N) is 3. The van der Waals surface area contributed by atoms with Gasteiger partial charge in [0.1, 0.15) is 6.61 Å².